The first-order chi connectivity index (χ1) is 11.6. The lowest BCUT2D eigenvalue weighted by Gasteiger charge is -2.17. The number of amides is 1. The lowest BCUT2D eigenvalue weighted by molar-refractivity contribution is 0.102. The molecule has 122 valence electrons. The number of benzene rings is 2. The summed E-state index contributed by atoms with van der Waals surface area (Å²) in [5, 5.41) is 12.6. The van der Waals surface area contributed by atoms with Crippen LogP contribution in [0.15, 0.2) is 48.5 Å². The van der Waals surface area contributed by atoms with E-state index in [4.69, 9.17) is 0 Å². The molecule has 0 radical (unpaired) electrons. The van der Waals surface area contributed by atoms with Crippen molar-refractivity contribution in [2.75, 3.05) is 23.8 Å². The summed E-state index contributed by atoms with van der Waals surface area (Å²) in [6.45, 7) is 2.80. The van der Waals surface area contributed by atoms with Crippen molar-refractivity contribution in [3.05, 3.63) is 60.0 Å². The van der Waals surface area contributed by atoms with Crippen LogP contribution in [-0.2, 0) is 0 Å². The molecule has 0 aliphatic rings. The average molecular weight is 324 g/mol. The van der Waals surface area contributed by atoms with Crippen molar-refractivity contribution in [2.45, 2.75) is 6.92 Å². The fraction of sp³-hybridized carbons (Fsp3) is 0.167. The smallest absolute Gasteiger partial charge is 0.276 e. The highest BCUT2D eigenvalue weighted by molar-refractivity contribution is 6.12. The quantitative estimate of drug-likeness (QED) is 0.798. The maximum atomic E-state index is 13.0. The number of halogens is 1. The largest absolute Gasteiger partial charge is 0.358 e. The first-order valence-corrected chi connectivity index (χ1v) is 7.63. The predicted octanol–water partition coefficient (Wildman–Crippen LogP) is 3.48. The second-order valence-corrected chi connectivity index (χ2v) is 5.39. The third-order valence-electron chi connectivity index (χ3n) is 3.82. The molecule has 0 saturated heterocycles. The highest BCUT2D eigenvalue weighted by Crippen LogP contribution is 2.25. The Balaban J connectivity index is 2.00. The summed E-state index contributed by atoms with van der Waals surface area (Å²) in [5.41, 5.74) is 0.741. The molecule has 0 spiro atoms. The zero-order chi connectivity index (χ0) is 17.1. The van der Waals surface area contributed by atoms with Gasteiger partial charge >= 0.3 is 0 Å². The Morgan fingerprint density at radius 2 is 1.75 bits per heavy atom. The van der Waals surface area contributed by atoms with Crippen LogP contribution in [0, 0.1) is 5.82 Å². The molecule has 0 fully saturated rings. The minimum atomic E-state index is -0.379. The third-order valence-corrected chi connectivity index (χ3v) is 3.82. The molecular formula is C18H17FN4O. The predicted molar refractivity (Wildman–Crippen MR) is 92.8 cm³/mol. The number of carbonyl (C=O) groups excluding carboxylic acids is 1. The van der Waals surface area contributed by atoms with Gasteiger partial charge in [0.15, 0.2) is 11.5 Å². The molecule has 1 amide bonds. The van der Waals surface area contributed by atoms with Gasteiger partial charge in [0.25, 0.3) is 5.91 Å². The van der Waals surface area contributed by atoms with Gasteiger partial charge in [-0.05, 0) is 31.2 Å². The topological polar surface area (TPSA) is 58.1 Å². The first-order valence-electron chi connectivity index (χ1n) is 7.63. The highest BCUT2D eigenvalue weighted by atomic mass is 19.1. The number of anilines is 2. The van der Waals surface area contributed by atoms with Crippen molar-refractivity contribution < 1.29 is 9.18 Å². The summed E-state index contributed by atoms with van der Waals surface area (Å²) < 4.78 is 13.0. The number of carbonyl (C=O) groups is 1. The molecule has 0 unspecified atom stereocenters. The van der Waals surface area contributed by atoms with Crippen molar-refractivity contribution in [1.82, 2.24) is 10.2 Å². The van der Waals surface area contributed by atoms with E-state index in [9.17, 15) is 9.18 Å². The molecule has 3 rings (SSSR count). The summed E-state index contributed by atoms with van der Waals surface area (Å²) in [6, 6.07) is 13.1. The molecule has 1 heterocycles. The van der Waals surface area contributed by atoms with E-state index in [2.05, 4.69) is 15.5 Å². The van der Waals surface area contributed by atoms with Crippen LogP contribution in [0.1, 0.15) is 17.4 Å². The lowest BCUT2D eigenvalue weighted by Crippen LogP contribution is -2.20. The minimum Gasteiger partial charge on any atom is -0.358 e. The van der Waals surface area contributed by atoms with E-state index in [1.807, 2.05) is 43.1 Å². The van der Waals surface area contributed by atoms with Crippen molar-refractivity contribution >= 4 is 28.2 Å². The number of hydrogen-bond acceptors (Lipinski definition) is 4. The van der Waals surface area contributed by atoms with Crippen LogP contribution >= 0.6 is 0 Å². The zero-order valence-electron chi connectivity index (χ0n) is 13.5. The lowest BCUT2D eigenvalue weighted by atomic mass is 10.1. The molecule has 0 bridgehead atoms. The molecule has 5 nitrogen and oxygen atoms in total. The highest BCUT2D eigenvalue weighted by Gasteiger charge is 2.17. The van der Waals surface area contributed by atoms with E-state index in [0.717, 1.165) is 23.1 Å². The van der Waals surface area contributed by atoms with Gasteiger partial charge in [-0.15, -0.1) is 10.2 Å². The molecule has 0 atom stereocenters. The molecule has 0 saturated carbocycles. The van der Waals surface area contributed by atoms with Crippen LogP contribution in [0.2, 0.25) is 0 Å². The standard InChI is InChI=1S/C18H17FN4O/c1-3-23(2)17-15-7-5-4-6-14(15)16(21-22-17)18(24)20-13-10-8-12(19)9-11-13/h4-11H,3H2,1-2H3,(H,20,24). The summed E-state index contributed by atoms with van der Waals surface area (Å²) in [5.74, 6) is -0.00682. The van der Waals surface area contributed by atoms with E-state index in [-0.39, 0.29) is 17.4 Å². The van der Waals surface area contributed by atoms with Gasteiger partial charge < -0.3 is 10.2 Å². The zero-order valence-corrected chi connectivity index (χ0v) is 13.5. The fourth-order valence-corrected chi connectivity index (χ4v) is 2.41. The minimum absolute atomic E-state index is 0.239. The van der Waals surface area contributed by atoms with Gasteiger partial charge in [-0.2, -0.15) is 0 Å². The summed E-state index contributed by atoms with van der Waals surface area (Å²) in [4.78, 5) is 14.5. The molecule has 0 aliphatic carbocycles. The maximum absolute atomic E-state index is 13.0. The van der Waals surface area contributed by atoms with Gasteiger partial charge in [-0.25, -0.2) is 4.39 Å². The Morgan fingerprint density at radius 3 is 2.42 bits per heavy atom. The fourth-order valence-electron chi connectivity index (χ4n) is 2.41. The number of aromatic nitrogens is 2. The molecule has 3 aromatic rings. The number of nitrogens with zero attached hydrogens (tertiary/aromatic N) is 3. The maximum Gasteiger partial charge on any atom is 0.276 e. The number of rotatable bonds is 4. The van der Waals surface area contributed by atoms with Crippen LogP contribution < -0.4 is 10.2 Å². The molecule has 1 aromatic heterocycles. The Labute approximate surface area is 139 Å². The van der Waals surface area contributed by atoms with Crippen molar-refractivity contribution in [1.29, 1.82) is 0 Å². The molecular weight excluding hydrogens is 307 g/mol. The normalized spacial score (nSPS) is 10.6. The molecule has 0 aliphatic heterocycles. The van der Waals surface area contributed by atoms with E-state index < -0.39 is 0 Å². The van der Waals surface area contributed by atoms with Gasteiger partial charge in [-0.1, -0.05) is 24.3 Å². The van der Waals surface area contributed by atoms with Gasteiger partial charge in [0.1, 0.15) is 5.82 Å². The van der Waals surface area contributed by atoms with Crippen molar-refractivity contribution in [2.24, 2.45) is 0 Å². The van der Waals surface area contributed by atoms with Crippen LogP contribution in [0.25, 0.3) is 10.8 Å². The van der Waals surface area contributed by atoms with Crippen LogP contribution in [-0.4, -0.2) is 29.7 Å². The van der Waals surface area contributed by atoms with Crippen molar-refractivity contribution in [3.63, 3.8) is 0 Å². The van der Waals surface area contributed by atoms with E-state index in [1.54, 1.807) is 0 Å². The Kier molecular flexibility index (Phi) is 4.37. The second-order valence-electron chi connectivity index (χ2n) is 5.39. The van der Waals surface area contributed by atoms with Crippen LogP contribution in [0.5, 0.6) is 0 Å². The monoisotopic (exact) mass is 324 g/mol. The molecule has 6 heteroatoms. The first kappa shape index (κ1) is 15.9. The van der Waals surface area contributed by atoms with E-state index in [0.29, 0.717) is 5.69 Å². The van der Waals surface area contributed by atoms with Gasteiger partial charge in [0.2, 0.25) is 0 Å². The number of hydrogen-bond donors (Lipinski definition) is 1. The number of nitrogens with one attached hydrogen (secondary N) is 1. The van der Waals surface area contributed by atoms with Crippen LogP contribution in [0.3, 0.4) is 0 Å². The Morgan fingerprint density at radius 1 is 1.08 bits per heavy atom. The molecule has 1 N–H and O–H groups in total. The Bertz CT molecular complexity index is 880. The average Bonchev–Trinajstić information content (AvgIpc) is 2.62. The Hall–Kier alpha value is -3.02. The summed E-state index contributed by atoms with van der Waals surface area (Å²) in [6.07, 6.45) is 0. The van der Waals surface area contributed by atoms with Crippen molar-refractivity contribution in [3.8, 4) is 0 Å². The van der Waals surface area contributed by atoms with E-state index in [1.165, 1.54) is 24.3 Å². The van der Waals surface area contributed by atoms with Crippen LogP contribution in [0.4, 0.5) is 15.9 Å². The molecule has 2 aromatic carbocycles. The second kappa shape index (κ2) is 6.62. The SMILES string of the molecule is CCN(C)c1nnc(C(=O)Nc2ccc(F)cc2)c2ccccc12. The number of fused-ring (bicyclic) bond motifs is 1. The van der Waals surface area contributed by atoms with Gasteiger partial charge in [-0.3, -0.25) is 4.79 Å². The molecule has 24 heavy (non-hydrogen) atoms. The van der Waals surface area contributed by atoms with Gasteiger partial charge in [0.05, 0.1) is 0 Å². The van der Waals surface area contributed by atoms with E-state index >= 15 is 0 Å². The summed E-state index contributed by atoms with van der Waals surface area (Å²) in [7, 11) is 1.93. The van der Waals surface area contributed by atoms with Gasteiger partial charge in [0, 0.05) is 30.1 Å². The third kappa shape index (κ3) is 3.03. The summed E-state index contributed by atoms with van der Waals surface area (Å²) >= 11 is 0.